The van der Waals surface area contributed by atoms with Gasteiger partial charge in [-0.05, 0) is 31.0 Å². The molecule has 7 nitrogen and oxygen atoms in total. The molecule has 1 saturated carbocycles. The molecular formula is C21H19FN4O3. The highest BCUT2D eigenvalue weighted by Gasteiger charge is 2.29. The van der Waals surface area contributed by atoms with Gasteiger partial charge in [-0.2, -0.15) is 4.98 Å². The van der Waals surface area contributed by atoms with E-state index in [-0.39, 0.29) is 23.4 Å². The number of anilines is 1. The van der Waals surface area contributed by atoms with Crippen LogP contribution in [-0.4, -0.2) is 33.9 Å². The van der Waals surface area contributed by atoms with Crippen molar-refractivity contribution in [2.75, 3.05) is 20.0 Å². The highest BCUT2D eigenvalue weighted by molar-refractivity contribution is 6.12. The molecule has 0 unspecified atom stereocenters. The predicted molar refractivity (Wildman–Crippen MR) is 108 cm³/mol. The minimum atomic E-state index is -0.472. The number of benzene rings is 1. The number of fused-ring (bicyclic) bond motifs is 2. The van der Waals surface area contributed by atoms with E-state index in [1.165, 1.54) is 20.3 Å². The zero-order chi connectivity index (χ0) is 20.3. The van der Waals surface area contributed by atoms with Gasteiger partial charge in [0.25, 0.3) is 0 Å². The summed E-state index contributed by atoms with van der Waals surface area (Å²) in [6, 6.07) is 6.48. The Morgan fingerprint density at radius 1 is 1.14 bits per heavy atom. The van der Waals surface area contributed by atoms with E-state index in [9.17, 15) is 5.11 Å². The summed E-state index contributed by atoms with van der Waals surface area (Å²) in [7, 11) is 2.96. The summed E-state index contributed by atoms with van der Waals surface area (Å²) >= 11 is 0. The molecule has 1 aliphatic rings. The summed E-state index contributed by atoms with van der Waals surface area (Å²) in [5.41, 5.74) is 8.34. The monoisotopic (exact) mass is 394 g/mol. The molecule has 0 amide bonds. The quantitative estimate of drug-likeness (QED) is 0.543. The van der Waals surface area contributed by atoms with Crippen molar-refractivity contribution in [3.05, 3.63) is 36.3 Å². The van der Waals surface area contributed by atoms with Crippen molar-refractivity contribution < 1.29 is 19.0 Å². The molecule has 3 aromatic heterocycles. The van der Waals surface area contributed by atoms with Crippen LogP contribution in [0, 0.1) is 5.82 Å². The average Bonchev–Trinajstić information content (AvgIpc) is 3.51. The van der Waals surface area contributed by atoms with Crippen LogP contribution in [0.4, 0.5) is 10.1 Å². The number of aromatic hydroxyl groups is 1. The maximum atomic E-state index is 15.0. The van der Waals surface area contributed by atoms with E-state index in [0.717, 1.165) is 12.8 Å². The molecule has 3 heterocycles. The largest absolute Gasteiger partial charge is 0.494 e. The molecule has 1 fully saturated rings. The van der Waals surface area contributed by atoms with Gasteiger partial charge in [0, 0.05) is 34.8 Å². The number of ether oxygens (including phenoxy) is 2. The molecule has 0 spiro atoms. The van der Waals surface area contributed by atoms with E-state index in [2.05, 4.69) is 9.97 Å². The number of aromatic nitrogens is 3. The molecule has 0 radical (unpaired) electrons. The molecular weight excluding hydrogens is 375 g/mol. The first kappa shape index (κ1) is 17.5. The Morgan fingerprint density at radius 3 is 2.62 bits per heavy atom. The number of methoxy groups -OCH3 is 2. The lowest BCUT2D eigenvalue weighted by Gasteiger charge is -2.13. The van der Waals surface area contributed by atoms with Gasteiger partial charge in [0.2, 0.25) is 17.6 Å². The van der Waals surface area contributed by atoms with Crippen LogP contribution in [0.1, 0.15) is 18.9 Å². The number of hydrogen-bond donors (Lipinski definition) is 2. The Morgan fingerprint density at radius 2 is 1.93 bits per heavy atom. The number of rotatable bonds is 4. The summed E-state index contributed by atoms with van der Waals surface area (Å²) in [5, 5.41) is 11.7. The van der Waals surface area contributed by atoms with Crippen molar-refractivity contribution in [1.29, 1.82) is 0 Å². The fourth-order valence-corrected chi connectivity index (χ4v) is 3.77. The Kier molecular flexibility index (Phi) is 3.77. The van der Waals surface area contributed by atoms with Gasteiger partial charge in [0.05, 0.1) is 36.3 Å². The first-order valence-electron chi connectivity index (χ1n) is 9.24. The number of hydrogen-bond acceptors (Lipinski definition) is 6. The maximum absolute atomic E-state index is 15.0. The van der Waals surface area contributed by atoms with Crippen molar-refractivity contribution in [3.63, 3.8) is 0 Å². The van der Waals surface area contributed by atoms with Crippen LogP contribution < -0.4 is 15.2 Å². The van der Waals surface area contributed by atoms with Gasteiger partial charge in [-0.25, -0.2) is 9.37 Å². The van der Waals surface area contributed by atoms with Crippen LogP contribution in [-0.2, 0) is 0 Å². The number of halogens is 1. The Hall–Kier alpha value is -3.55. The SMILES string of the molecule is COc1ccc(-c2c(F)ccc3c(N)c4c(O)n(C5CC5)cc4nc23)c(OC)n1. The number of nitrogens with zero attached hydrogens (tertiary/aromatic N) is 3. The van der Waals surface area contributed by atoms with Gasteiger partial charge >= 0.3 is 0 Å². The second-order valence-corrected chi connectivity index (χ2v) is 7.11. The standard InChI is InChI=1S/C21H19FN4O3/c1-28-15-8-6-11(20(25-15)29-2)16-13(22)7-5-12-18(23)17-14(24-19(12)16)9-26(21(17)27)10-3-4-10/h5-10,27H,3-4,23H2,1-2H3. The van der Waals surface area contributed by atoms with E-state index in [4.69, 9.17) is 15.2 Å². The minimum Gasteiger partial charge on any atom is -0.494 e. The normalized spacial score (nSPS) is 13.9. The fraction of sp³-hybridized carbons (Fsp3) is 0.238. The van der Waals surface area contributed by atoms with E-state index in [1.807, 2.05) is 0 Å². The summed E-state index contributed by atoms with van der Waals surface area (Å²) in [6.45, 7) is 0. The Labute approximate surface area is 165 Å². The highest BCUT2D eigenvalue weighted by atomic mass is 19.1. The number of nitrogen functional groups attached to an aromatic ring is 1. The van der Waals surface area contributed by atoms with Crippen molar-refractivity contribution in [3.8, 4) is 28.8 Å². The van der Waals surface area contributed by atoms with Crippen molar-refractivity contribution in [2.24, 2.45) is 0 Å². The molecule has 0 atom stereocenters. The molecule has 1 aliphatic carbocycles. The van der Waals surface area contributed by atoms with Gasteiger partial charge < -0.3 is 24.9 Å². The van der Waals surface area contributed by atoms with Gasteiger partial charge in [-0.15, -0.1) is 0 Å². The molecule has 0 aliphatic heterocycles. The zero-order valence-corrected chi connectivity index (χ0v) is 15.9. The summed E-state index contributed by atoms with van der Waals surface area (Å²) < 4.78 is 27.3. The lowest BCUT2D eigenvalue weighted by molar-refractivity contribution is 0.365. The van der Waals surface area contributed by atoms with Crippen LogP contribution in [0.15, 0.2) is 30.5 Å². The fourth-order valence-electron chi connectivity index (χ4n) is 3.77. The highest BCUT2D eigenvalue weighted by Crippen LogP contribution is 2.45. The molecule has 3 N–H and O–H groups in total. The molecule has 0 bridgehead atoms. The van der Waals surface area contributed by atoms with Crippen molar-refractivity contribution in [1.82, 2.24) is 14.5 Å². The first-order chi connectivity index (χ1) is 14.0. The summed E-state index contributed by atoms with van der Waals surface area (Å²) in [6.07, 6.45) is 3.78. The predicted octanol–water partition coefficient (Wildman–Crippen LogP) is 4.03. The maximum Gasteiger partial charge on any atom is 0.224 e. The van der Waals surface area contributed by atoms with Gasteiger partial charge in [-0.1, -0.05) is 0 Å². The second kappa shape index (κ2) is 6.23. The molecule has 0 saturated heterocycles. The first-order valence-corrected chi connectivity index (χ1v) is 9.24. The molecule has 1 aromatic carbocycles. The molecule has 29 heavy (non-hydrogen) atoms. The average molecular weight is 394 g/mol. The molecule has 148 valence electrons. The Balaban J connectivity index is 1.85. The smallest absolute Gasteiger partial charge is 0.224 e. The lowest BCUT2D eigenvalue weighted by Crippen LogP contribution is -1.99. The van der Waals surface area contributed by atoms with E-state index < -0.39 is 5.82 Å². The zero-order valence-electron chi connectivity index (χ0n) is 15.9. The molecule has 5 rings (SSSR count). The number of nitrogens with two attached hydrogens (primary N) is 1. The van der Waals surface area contributed by atoms with Gasteiger partial charge in [-0.3, -0.25) is 0 Å². The van der Waals surface area contributed by atoms with Crippen LogP contribution in [0.2, 0.25) is 0 Å². The Bertz CT molecular complexity index is 1280. The van der Waals surface area contributed by atoms with Crippen LogP contribution in [0.5, 0.6) is 17.6 Å². The van der Waals surface area contributed by atoms with Crippen LogP contribution in [0.25, 0.3) is 32.9 Å². The molecule has 4 aromatic rings. The van der Waals surface area contributed by atoms with Gasteiger partial charge in [0.15, 0.2) is 0 Å². The number of pyridine rings is 2. The summed E-state index contributed by atoms with van der Waals surface area (Å²) in [5.74, 6) is 0.200. The van der Waals surface area contributed by atoms with E-state index in [1.54, 1.807) is 29.0 Å². The third-order valence-electron chi connectivity index (χ3n) is 5.35. The van der Waals surface area contributed by atoms with Crippen LogP contribution >= 0.6 is 0 Å². The van der Waals surface area contributed by atoms with E-state index >= 15 is 4.39 Å². The van der Waals surface area contributed by atoms with Crippen LogP contribution in [0.3, 0.4) is 0 Å². The topological polar surface area (TPSA) is 95.4 Å². The van der Waals surface area contributed by atoms with Crippen molar-refractivity contribution >= 4 is 27.5 Å². The van der Waals surface area contributed by atoms with Crippen molar-refractivity contribution in [2.45, 2.75) is 18.9 Å². The molecule has 8 heteroatoms. The summed E-state index contributed by atoms with van der Waals surface area (Å²) in [4.78, 5) is 8.92. The van der Waals surface area contributed by atoms with E-state index in [0.29, 0.717) is 38.9 Å². The second-order valence-electron chi connectivity index (χ2n) is 7.11. The third-order valence-corrected chi connectivity index (χ3v) is 5.35. The minimum absolute atomic E-state index is 0.101. The van der Waals surface area contributed by atoms with Gasteiger partial charge in [0.1, 0.15) is 5.82 Å². The third kappa shape index (κ3) is 2.55. The lowest BCUT2D eigenvalue weighted by atomic mass is 10.0.